The van der Waals surface area contributed by atoms with Gasteiger partial charge in [0, 0.05) is 5.02 Å². The first-order valence-electron chi connectivity index (χ1n) is 5.30. The van der Waals surface area contributed by atoms with Gasteiger partial charge in [0.25, 0.3) is 0 Å². The molecule has 0 spiro atoms. The van der Waals surface area contributed by atoms with Crippen LogP contribution in [0.5, 0.6) is 5.75 Å². The van der Waals surface area contributed by atoms with Crippen LogP contribution in [0, 0.1) is 11.6 Å². The first kappa shape index (κ1) is 15.8. The van der Waals surface area contributed by atoms with Gasteiger partial charge in [0.05, 0.1) is 20.1 Å². The van der Waals surface area contributed by atoms with E-state index in [0.29, 0.717) is 5.02 Å². The SMILES string of the molecule is Fc1ccc(Br)c(F)c1COc1c(Cl)cc(Cl)cc1Cl. The lowest BCUT2D eigenvalue weighted by Gasteiger charge is -2.12. The average Bonchev–Trinajstić information content (AvgIpc) is 2.36. The first-order valence-corrected chi connectivity index (χ1v) is 7.22. The topological polar surface area (TPSA) is 9.23 Å². The molecule has 0 radical (unpaired) electrons. The molecule has 0 heterocycles. The third-order valence-electron chi connectivity index (χ3n) is 2.46. The Morgan fingerprint density at radius 1 is 1.05 bits per heavy atom. The van der Waals surface area contributed by atoms with Crippen molar-refractivity contribution in [2.45, 2.75) is 6.61 Å². The van der Waals surface area contributed by atoms with E-state index in [-0.39, 0.29) is 32.4 Å². The summed E-state index contributed by atoms with van der Waals surface area (Å²) in [6.45, 7) is -0.349. The van der Waals surface area contributed by atoms with E-state index in [1.165, 1.54) is 18.2 Å². The van der Waals surface area contributed by atoms with Gasteiger partial charge in [0.15, 0.2) is 5.75 Å². The minimum Gasteiger partial charge on any atom is -0.486 e. The van der Waals surface area contributed by atoms with Gasteiger partial charge < -0.3 is 4.74 Å². The van der Waals surface area contributed by atoms with Crippen LogP contribution in [0.3, 0.4) is 0 Å². The van der Waals surface area contributed by atoms with Crippen LogP contribution in [0.2, 0.25) is 15.1 Å². The van der Waals surface area contributed by atoms with Gasteiger partial charge in [-0.3, -0.25) is 0 Å². The Kier molecular flexibility index (Phi) is 5.13. The van der Waals surface area contributed by atoms with Gasteiger partial charge in [-0.25, -0.2) is 8.78 Å². The Bertz CT molecular complexity index is 641. The molecule has 0 aliphatic carbocycles. The van der Waals surface area contributed by atoms with Gasteiger partial charge in [0.2, 0.25) is 0 Å². The molecule has 0 aliphatic rings. The number of hydrogen-bond donors (Lipinski definition) is 0. The molecule has 0 bridgehead atoms. The second kappa shape index (κ2) is 6.48. The van der Waals surface area contributed by atoms with Crippen molar-refractivity contribution >= 4 is 50.7 Å². The van der Waals surface area contributed by atoms with Crippen molar-refractivity contribution in [1.29, 1.82) is 0 Å². The van der Waals surface area contributed by atoms with E-state index in [0.717, 1.165) is 6.07 Å². The number of benzene rings is 2. The Morgan fingerprint density at radius 3 is 2.25 bits per heavy atom. The maximum Gasteiger partial charge on any atom is 0.157 e. The fourth-order valence-electron chi connectivity index (χ4n) is 1.51. The summed E-state index contributed by atoms with van der Waals surface area (Å²) >= 11 is 20.6. The summed E-state index contributed by atoms with van der Waals surface area (Å²) in [5, 5.41) is 0.670. The van der Waals surface area contributed by atoms with E-state index < -0.39 is 11.6 Å². The summed E-state index contributed by atoms with van der Waals surface area (Å²) in [6, 6.07) is 5.27. The predicted octanol–water partition coefficient (Wildman–Crippen LogP) is 6.27. The Morgan fingerprint density at radius 2 is 1.65 bits per heavy atom. The van der Waals surface area contributed by atoms with Crippen molar-refractivity contribution < 1.29 is 13.5 Å². The smallest absolute Gasteiger partial charge is 0.157 e. The fraction of sp³-hybridized carbons (Fsp3) is 0.0769. The zero-order valence-corrected chi connectivity index (χ0v) is 13.5. The summed E-state index contributed by atoms with van der Waals surface area (Å²) < 4.78 is 32.8. The van der Waals surface area contributed by atoms with E-state index in [9.17, 15) is 8.78 Å². The Balaban J connectivity index is 2.28. The van der Waals surface area contributed by atoms with Gasteiger partial charge in [-0.05, 0) is 40.2 Å². The summed E-state index contributed by atoms with van der Waals surface area (Å²) in [4.78, 5) is 0. The minimum atomic E-state index is -0.730. The summed E-state index contributed by atoms with van der Waals surface area (Å²) in [7, 11) is 0. The lowest BCUT2D eigenvalue weighted by Crippen LogP contribution is -2.03. The zero-order valence-electron chi connectivity index (χ0n) is 9.69. The molecule has 106 valence electrons. The van der Waals surface area contributed by atoms with E-state index >= 15 is 0 Å². The first-order chi connectivity index (χ1) is 9.40. The Labute approximate surface area is 137 Å². The molecule has 0 amide bonds. The summed E-state index contributed by atoms with van der Waals surface area (Å²) in [6.07, 6.45) is 0. The highest BCUT2D eigenvalue weighted by atomic mass is 79.9. The molecule has 2 rings (SSSR count). The highest BCUT2D eigenvalue weighted by Gasteiger charge is 2.15. The molecular weight excluding hydrogens is 396 g/mol. The van der Waals surface area contributed by atoms with Crippen LogP contribution >= 0.6 is 50.7 Å². The second-order valence-electron chi connectivity index (χ2n) is 3.81. The molecule has 0 fully saturated rings. The lowest BCUT2D eigenvalue weighted by molar-refractivity contribution is 0.292. The number of rotatable bonds is 3. The molecule has 0 saturated carbocycles. The van der Waals surface area contributed by atoms with E-state index in [1.807, 2.05) is 0 Å². The van der Waals surface area contributed by atoms with Gasteiger partial charge in [-0.15, -0.1) is 0 Å². The van der Waals surface area contributed by atoms with Crippen molar-refractivity contribution in [3.8, 4) is 5.75 Å². The highest BCUT2D eigenvalue weighted by molar-refractivity contribution is 9.10. The van der Waals surface area contributed by atoms with E-state index in [2.05, 4.69) is 15.9 Å². The van der Waals surface area contributed by atoms with Crippen LogP contribution in [-0.4, -0.2) is 0 Å². The van der Waals surface area contributed by atoms with Crippen molar-refractivity contribution in [3.05, 3.63) is 61.0 Å². The van der Waals surface area contributed by atoms with Gasteiger partial charge in [0.1, 0.15) is 18.2 Å². The highest BCUT2D eigenvalue weighted by Crippen LogP contribution is 2.36. The largest absolute Gasteiger partial charge is 0.486 e. The monoisotopic (exact) mass is 400 g/mol. The van der Waals surface area contributed by atoms with Crippen LogP contribution in [0.15, 0.2) is 28.7 Å². The van der Waals surface area contributed by atoms with Crippen molar-refractivity contribution in [2.24, 2.45) is 0 Å². The van der Waals surface area contributed by atoms with Gasteiger partial charge in [-0.2, -0.15) is 0 Å². The molecule has 0 N–H and O–H groups in total. The molecule has 0 atom stereocenters. The standard InChI is InChI=1S/C13H6BrCl3F2O/c14-8-1-2-11(18)7(12(8)19)5-20-13-9(16)3-6(15)4-10(13)17/h1-4H,5H2. The molecule has 20 heavy (non-hydrogen) atoms. The predicted molar refractivity (Wildman–Crippen MR) is 79.9 cm³/mol. The van der Waals surface area contributed by atoms with Crippen molar-refractivity contribution in [2.75, 3.05) is 0 Å². The Hall–Kier alpha value is -0.550. The molecule has 2 aromatic rings. The molecule has 0 aromatic heterocycles. The molecule has 1 nitrogen and oxygen atoms in total. The van der Waals surface area contributed by atoms with E-state index in [1.54, 1.807) is 0 Å². The normalized spacial score (nSPS) is 10.7. The minimum absolute atomic E-state index is 0.122. The van der Waals surface area contributed by atoms with Gasteiger partial charge >= 0.3 is 0 Å². The molecule has 0 aliphatic heterocycles. The maximum absolute atomic E-state index is 13.8. The third-order valence-corrected chi connectivity index (χ3v) is 3.85. The third kappa shape index (κ3) is 3.37. The second-order valence-corrected chi connectivity index (χ2v) is 5.91. The lowest BCUT2D eigenvalue weighted by atomic mass is 10.2. The van der Waals surface area contributed by atoms with Crippen molar-refractivity contribution in [3.63, 3.8) is 0 Å². The van der Waals surface area contributed by atoms with E-state index in [4.69, 9.17) is 39.5 Å². The summed E-state index contributed by atoms with van der Waals surface area (Å²) in [5.74, 6) is -1.32. The van der Waals surface area contributed by atoms with Crippen LogP contribution in [0.4, 0.5) is 8.78 Å². The summed E-state index contributed by atoms with van der Waals surface area (Å²) in [5.41, 5.74) is -0.221. The average molecular weight is 402 g/mol. The van der Waals surface area contributed by atoms with Crippen LogP contribution in [-0.2, 0) is 6.61 Å². The number of ether oxygens (including phenoxy) is 1. The quantitative estimate of drug-likeness (QED) is 0.550. The molecular formula is C13H6BrCl3F2O. The molecule has 7 heteroatoms. The number of hydrogen-bond acceptors (Lipinski definition) is 1. The number of halogens is 6. The van der Waals surface area contributed by atoms with Crippen molar-refractivity contribution in [1.82, 2.24) is 0 Å². The van der Waals surface area contributed by atoms with Crippen LogP contribution in [0.1, 0.15) is 5.56 Å². The molecule has 0 saturated heterocycles. The van der Waals surface area contributed by atoms with Crippen LogP contribution < -0.4 is 4.74 Å². The molecule has 0 unspecified atom stereocenters. The molecule has 2 aromatic carbocycles. The fourth-order valence-corrected chi connectivity index (χ4v) is 2.81. The zero-order chi connectivity index (χ0) is 14.9. The van der Waals surface area contributed by atoms with Crippen LogP contribution in [0.25, 0.3) is 0 Å². The maximum atomic E-state index is 13.8. The van der Waals surface area contributed by atoms with Gasteiger partial charge in [-0.1, -0.05) is 34.8 Å².